The molecule has 5 heteroatoms. The van der Waals surface area contributed by atoms with Crippen LogP contribution in [0.2, 0.25) is 0 Å². The molecule has 1 saturated heterocycles. The van der Waals surface area contributed by atoms with Crippen LogP contribution in [0.5, 0.6) is 17.2 Å². The van der Waals surface area contributed by atoms with E-state index in [1.165, 1.54) is 12.8 Å². The summed E-state index contributed by atoms with van der Waals surface area (Å²) in [7, 11) is 1.66. The number of ether oxygens (including phenoxy) is 2. The maximum Gasteiger partial charge on any atom is 0.223 e. The van der Waals surface area contributed by atoms with Gasteiger partial charge in [-0.2, -0.15) is 0 Å². The van der Waals surface area contributed by atoms with Crippen molar-refractivity contribution in [1.29, 1.82) is 0 Å². The average Bonchev–Trinajstić information content (AvgIpc) is 3.34. The summed E-state index contributed by atoms with van der Waals surface area (Å²) in [4.78, 5) is 14.4. The summed E-state index contributed by atoms with van der Waals surface area (Å²) in [6, 6.07) is 13.1. The van der Waals surface area contributed by atoms with Crippen LogP contribution in [-0.4, -0.2) is 35.7 Å². The van der Waals surface area contributed by atoms with E-state index < -0.39 is 0 Å². The van der Waals surface area contributed by atoms with Crippen LogP contribution in [0, 0.1) is 0 Å². The topological polar surface area (TPSA) is 59.0 Å². The normalized spacial score (nSPS) is 20.0. The molecule has 0 spiro atoms. The number of aromatic hydroxyl groups is 1. The number of nitrogens with zero attached hydrogens (tertiary/aromatic N) is 1. The number of benzene rings is 2. The second-order valence-electron chi connectivity index (χ2n) is 7.78. The maximum absolute atomic E-state index is 12.5. The predicted molar refractivity (Wildman–Crippen MR) is 107 cm³/mol. The van der Waals surface area contributed by atoms with Crippen LogP contribution in [-0.2, 0) is 11.3 Å². The van der Waals surface area contributed by atoms with Crippen molar-refractivity contribution in [3.8, 4) is 17.2 Å². The lowest BCUT2D eigenvalue weighted by molar-refractivity contribution is -0.128. The molecule has 0 bridgehead atoms. The number of carbonyl (C=O) groups excluding carboxylic acids is 1. The van der Waals surface area contributed by atoms with Gasteiger partial charge in [0.15, 0.2) is 11.5 Å². The van der Waals surface area contributed by atoms with Gasteiger partial charge < -0.3 is 19.5 Å². The van der Waals surface area contributed by atoms with E-state index in [0.717, 1.165) is 35.5 Å². The van der Waals surface area contributed by atoms with Crippen molar-refractivity contribution in [2.24, 2.45) is 0 Å². The predicted octanol–water partition coefficient (Wildman–Crippen LogP) is 4.24. The van der Waals surface area contributed by atoms with Gasteiger partial charge in [0.2, 0.25) is 5.91 Å². The number of hydrogen-bond donors (Lipinski definition) is 1. The van der Waals surface area contributed by atoms with Crippen LogP contribution in [0.1, 0.15) is 49.1 Å². The summed E-state index contributed by atoms with van der Waals surface area (Å²) in [5.74, 6) is 2.09. The highest BCUT2D eigenvalue weighted by Gasteiger charge is 2.31. The fourth-order valence-corrected chi connectivity index (χ4v) is 4.20. The van der Waals surface area contributed by atoms with Crippen LogP contribution in [0.25, 0.3) is 0 Å². The van der Waals surface area contributed by atoms with E-state index in [4.69, 9.17) is 9.47 Å². The van der Waals surface area contributed by atoms with E-state index in [0.29, 0.717) is 19.5 Å². The number of phenols is 1. The van der Waals surface area contributed by atoms with Crippen molar-refractivity contribution < 1.29 is 19.4 Å². The molecule has 1 saturated carbocycles. The Hall–Kier alpha value is -2.69. The highest BCUT2D eigenvalue weighted by molar-refractivity contribution is 5.79. The standard InChI is InChI=1S/C23H27NO4/c1-27-21-11-8-17(12-22(21)28-20-4-2-3-5-20)18-13-23(26)24(15-18)14-16-6-9-19(25)10-7-16/h6-12,18,20,25H,2-5,13-15H2,1H3. The zero-order chi connectivity index (χ0) is 19.5. The molecule has 1 aliphatic heterocycles. The van der Waals surface area contributed by atoms with Crippen LogP contribution >= 0.6 is 0 Å². The fourth-order valence-electron chi connectivity index (χ4n) is 4.20. The van der Waals surface area contributed by atoms with E-state index in [9.17, 15) is 9.90 Å². The van der Waals surface area contributed by atoms with E-state index in [1.54, 1.807) is 19.2 Å². The molecule has 1 atom stereocenters. The molecule has 1 amide bonds. The number of likely N-dealkylation sites (tertiary alicyclic amines) is 1. The quantitative estimate of drug-likeness (QED) is 0.813. The first-order valence-corrected chi connectivity index (χ1v) is 10.0. The molecule has 2 aliphatic rings. The van der Waals surface area contributed by atoms with Crippen molar-refractivity contribution in [2.45, 2.75) is 50.7 Å². The smallest absolute Gasteiger partial charge is 0.223 e. The van der Waals surface area contributed by atoms with Gasteiger partial charge in [-0.3, -0.25) is 4.79 Å². The zero-order valence-corrected chi connectivity index (χ0v) is 16.3. The highest BCUT2D eigenvalue weighted by atomic mass is 16.5. The number of hydrogen-bond acceptors (Lipinski definition) is 4. The van der Waals surface area contributed by atoms with E-state index >= 15 is 0 Å². The summed E-state index contributed by atoms with van der Waals surface area (Å²) in [6.45, 7) is 1.26. The molecule has 2 aromatic rings. The Balaban J connectivity index is 1.47. The first-order valence-electron chi connectivity index (χ1n) is 10.0. The largest absolute Gasteiger partial charge is 0.508 e. The number of phenolic OH excluding ortho intramolecular Hbond substituents is 1. The number of amides is 1. The third-order valence-electron chi connectivity index (χ3n) is 5.78. The van der Waals surface area contributed by atoms with Crippen molar-refractivity contribution in [1.82, 2.24) is 4.90 Å². The molecule has 0 aromatic heterocycles. The van der Waals surface area contributed by atoms with Gasteiger partial charge in [0.25, 0.3) is 0 Å². The molecule has 1 aliphatic carbocycles. The fraction of sp³-hybridized carbons (Fsp3) is 0.435. The second kappa shape index (κ2) is 8.13. The van der Waals surface area contributed by atoms with Gasteiger partial charge in [0, 0.05) is 25.4 Å². The number of methoxy groups -OCH3 is 1. The Morgan fingerprint density at radius 1 is 1.07 bits per heavy atom. The Morgan fingerprint density at radius 3 is 2.54 bits per heavy atom. The van der Waals surface area contributed by atoms with Gasteiger partial charge in [-0.15, -0.1) is 0 Å². The zero-order valence-electron chi connectivity index (χ0n) is 16.3. The lowest BCUT2D eigenvalue weighted by Crippen LogP contribution is -2.24. The molecule has 2 aromatic carbocycles. The molecule has 1 unspecified atom stereocenters. The number of carbonyl (C=O) groups is 1. The Labute approximate surface area is 165 Å². The highest BCUT2D eigenvalue weighted by Crippen LogP contribution is 2.37. The van der Waals surface area contributed by atoms with E-state index in [-0.39, 0.29) is 23.7 Å². The third-order valence-corrected chi connectivity index (χ3v) is 5.78. The molecular weight excluding hydrogens is 354 g/mol. The summed E-state index contributed by atoms with van der Waals surface area (Å²) < 4.78 is 11.7. The molecule has 1 heterocycles. The molecule has 148 valence electrons. The van der Waals surface area contributed by atoms with Gasteiger partial charge in [-0.25, -0.2) is 0 Å². The molecule has 4 rings (SSSR count). The van der Waals surface area contributed by atoms with E-state index in [2.05, 4.69) is 6.07 Å². The average molecular weight is 381 g/mol. The maximum atomic E-state index is 12.5. The van der Waals surface area contributed by atoms with Gasteiger partial charge in [-0.05, 0) is 61.1 Å². The summed E-state index contributed by atoms with van der Waals surface area (Å²) in [5, 5.41) is 9.43. The van der Waals surface area contributed by atoms with Gasteiger partial charge in [0.1, 0.15) is 5.75 Å². The minimum absolute atomic E-state index is 0.154. The number of rotatable bonds is 6. The van der Waals surface area contributed by atoms with Gasteiger partial charge in [-0.1, -0.05) is 18.2 Å². The second-order valence-corrected chi connectivity index (χ2v) is 7.78. The summed E-state index contributed by atoms with van der Waals surface area (Å²) >= 11 is 0. The van der Waals surface area contributed by atoms with Crippen molar-refractivity contribution >= 4 is 5.91 Å². The van der Waals surface area contributed by atoms with Crippen molar-refractivity contribution in [3.63, 3.8) is 0 Å². The summed E-state index contributed by atoms with van der Waals surface area (Å²) in [5.41, 5.74) is 2.14. The van der Waals surface area contributed by atoms with Crippen molar-refractivity contribution in [2.75, 3.05) is 13.7 Å². The minimum atomic E-state index is 0.154. The van der Waals surface area contributed by atoms with Crippen LogP contribution in [0.3, 0.4) is 0 Å². The third kappa shape index (κ3) is 4.08. The van der Waals surface area contributed by atoms with Gasteiger partial charge >= 0.3 is 0 Å². The Morgan fingerprint density at radius 2 is 1.82 bits per heavy atom. The molecule has 2 fully saturated rings. The molecule has 5 nitrogen and oxygen atoms in total. The first-order chi connectivity index (χ1) is 13.6. The minimum Gasteiger partial charge on any atom is -0.508 e. The first kappa shape index (κ1) is 18.7. The van der Waals surface area contributed by atoms with Crippen LogP contribution in [0.15, 0.2) is 42.5 Å². The van der Waals surface area contributed by atoms with E-state index in [1.807, 2.05) is 29.2 Å². The molecule has 0 radical (unpaired) electrons. The molecule has 1 N–H and O–H groups in total. The molecule has 28 heavy (non-hydrogen) atoms. The van der Waals surface area contributed by atoms with Crippen LogP contribution in [0.4, 0.5) is 0 Å². The Bertz CT molecular complexity index is 827. The molecular formula is C23H27NO4. The van der Waals surface area contributed by atoms with Gasteiger partial charge in [0.05, 0.1) is 13.2 Å². The lowest BCUT2D eigenvalue weighted by Gasteiger charge is -2.19. The van der Waals surface area contributed by atoms with Crippen LogP contribution < -0.4 is 9.47 Å². The summed E-state index contributed by atoms with van der Waals surface area (Å²) in [6.07, 6.45) is 5.39. The van der Waals surface area contributed by atoms with Crippen molar-refractivity contribution in [3.05, 3.63) is 53.6 Å². The lowest BCUT2D eigenvalue weighted by atomic mass is 9.98. The Kier molecular flexibility index (Phi) is 5.42. The SMILES string of the molecule is COc1ccc(C2CC(=O)N(Cc3ccc(O)cc3)C2)cc1OC1CCCC1. The monoisotopic (exact) mass is 381 g/mol.